The Labute approximate surface area is 111 Å². The highest BCUT2D eigenvalue weighted by Gasteiger charge is 2.23. The molecule has 1 fully saturated rings. The van der Waals surface area contributed by atoms with Crippen LogP contribution in [0.2, 0.25) is 5.02 Å². The molecule has 1 atom stereocenters. The SMILES string of the molecule is CCOc1ccc(C(=O)C2CNCCO2)cc1Cl. The zero-order valence-electron chi connectivity index (χ0n) is 10.2. The second kappa shape index (κ2) is 6.18. The van der Waals surface area contributed by atoms with Crippen LogP contribution in [0.4, 0.5) is 0 Å². The molecule has 1 aliphatic rings. The Morgan fingerprint density at radius 2 is 2.44 bits per heavy atom. The van der Waals surface area contributed by atoms with Crippen molar-refractivity contribution in [3.8, 4) is 5.75 Å². The van der Waals surface area contributed by atoms with Crippen molar-refractivity contribution in [2.75, 3.05) is 26.3 Å². The summed E-state index contributed by atoms with van der Waals surface area (Å²) in [6.07, 6.45) is -0.423. The van der Waals surface area contributed by atoms with Crippen LogP contribution in [0, 0.1) is 0 Å². The largest absolute Gasteiger partial charge is 0.492 e. The Bertz CT molecular complexity index is 430. The summed E-state index contributed by atoms with van der Waals surface area (Å²) in [6, 6.07) is 5.07. The lowest BCUT2D eigenvalue weighted by atomic mass is 10.1. The Kier molecular flexibility index (Phi) is 4.58. The number of carbonyl (C=O) groups excluding carboxylic acids is 1. The van der Waals surface area contributed by atoms with Gasteiger partial charge in [0, 0.05) is 18.7 Å². The predicted octanol–water partition coefficient (Wildman–Crippen LogP) is 1.91. The van der Waals surface area contributed by atoms with E-state index in [-0.39, 0.29) is 5.78 Å². The first-order valence-corrected chi connectivity index (χ1v) is 6.39. The number of hydrogen-bond donors (Lipinski definition) is 1. The fraction of sp³-hybridized carbons (Fsp3) is 0.462. The van der Waals surface area contributed by atoms with E-state index in [1.54, 1.807) is 18.2 Å². The fourth-order valence-corrected chi connectivity index (χ4v) is 2.08. The zero-order chi connectivity index (χ0) is 13.0. The lowest BCUT2D eigenvalue weighted by molar-refractivity contribution is 0.0269. The number of ketones is 1. The van der Waals surface area contributed by atoms with Crippen molar-refractivity contribution < 1.29 is 14.3 Å². The number of carbonyl (C=O) groups is 1. The van der Waals surface area contributed by atoms with E-state index in [1.807, 2.05) is 6.92 Å². The van der Waals surface area contributed by atoms with Crippen molar-refractivity contribution in [1.82, 2.24) is 5.32 Å². The molecule has 1 N–H and O–H groups in total. The molecule has 0 spiro atoms. The van der Waals surface area contributed by atoms with E-state index in [9.17, 15) is 4.79 Å². The predicted molar refractivity (Wildman–Crippen MR) is 69.6 cm³/mol. The fourth-order valence-electron chi connectivity index (χ4n) is 1.85. The van der Waals surface area contributed by atoms with Crippen molar-refractivity contribution in [1.29, 1.82) is 0 Å². The average molecular weight is 270 g/mol. The van der Waals surface area contributed by atoms with E-state index in [1.165, 1.54) is 0 Å². The number of hydrogen-bond acceptors (Lipinski definition) is 4. The van der Waals surface area contributed by atoms with Crippen LogP contribution in [-0.2, 0) is 4.74 Å². The Balaban J connectivity index is 2.12. The van der Waals surface area contributed by atoms with Crippen LogP contribution in [0.1, 0.15) is 17.3 Å². The lowest BCUT2D eigenvalue weighted by Crippen LogP contribution is -2.43. The molecule has 0 bridgehead atoms. The minimum Gasteiger partial charge on any atom is -0.492 e. The molecule has 1 aromatic carbocycles. The molecular weight excluding hydrogens is 254 g/mol. The molecule has 18 heavy (non-hydrogen) atoms. The highest BCUT2D eigenvalue weighted by atomic mass is 35.5. The minimum absolute atomic E-state index is 0.0489. The molecular formula is C13H16ClNO3. The molecule has 4 nitrogen and oxygen atoms in total. The maximum absolute atomic E-state index is 12.2. The van der Waals surface area contributed by atoms with E-state index in [4.69, 9.17) is 21.1 Å². The molecule has 0 aliphatic carbocycles. The van der Waals surface area contributed by atoms with Crippen molar-refractivity contribution >= 4 is 17.4 Å². The van der Waals surface area contributed by atoms with Gasteiger partial charge in [-0.25, -0.2) is 0 Å². The maximum atomic E-state index is 12.2. The zero-order valence-corrected chi connectivity index (χ0v) is 11.0. The van der Waals surface area contributed by atoms with Gasteiger partial charge in [0.1, 0.15) is 11.9 Å². The van der Waals surface area contributed by atoms with Crippen LogP contribution >= 0.6 is 11.6 Å². The van der Waals surface area contributed by atoms with Crippen LogP contribution in [0.3, 0.4) is 0 Å². The third-order valence-electron chi connectivity index (χ3n) is 2.74. The standard InChI is InChI=1S/C13H16ClNO3/c1-2-17-11-4-3-9(7-10(11)14)13(16)12-8-15-5-6-18-12/h3-4,7,12,15H,2,5-6,8H2,1H3. The van der Waals surface area contributed by atoms with Crippen LogP contribution in [0.25, 0.3) is 0 Å². The van der Waals surface area contributed by atoms with Crippen LogP contribution < -0.4 is 10.1 Å². The second-order valence-electron chi connectivity index (χ2n) is 4.01. The van der Waals surface area contributed by atoms with Crippen LogP contribution in [0.15, 0.2) is 18.2 Å². The van der Waals surface area contributed by atoms with Gasteiger partial charge in [-0.15, -0.1) is 0 Å². The van der Waals surface area contributed by atoms with Gasteiger partial charge in [-0.3, -0.25) is 4.79 Å². The van der Waals surface area contributed by atoms with Gasteiger partial charge in [0.2, 0.25) is 0 Å². The summed E-state index contributed by atoms with van der Waals surface area (Å²) in [5.74, 6) is 0.547. The molecule has 1 saturated heterocycles. The molecule has 1 heterocycles. The van der Waals surface area contributed by atoms with Gasteiger partial charge in [-0.05, 0) is 25.1 Å². The number of halogens is 1. The van der Waals surface area contributed by atoms with E-state index in [0.717, 1.165) is 6.54 Å². The topological polar surface area (TPSA) is 47.6 Å². The molecule has 1 unspecified atom stereocenters. The first kappa shape index (κ1) is 13.3. The Morgan fingerprint density at radius 1 is 1.61 bits per heavy atom. The molecule has 0 aromatic heterocycles. The molecule has 1 aromatic rings. The second-order valence-corrected chi connectivity index (χ2v) is 4.41. The molecule has 0 amide bonds. The highest BCUT2D eigenvalue weighted by molar-refractivity contribution is 6.32. The average Bonchev–Trinajstić information content (AvgIpc) is 2.41. The number of ether oxygens (including phenoxy) is 2. The Morgan fingerprint density at radius 3 is 3.06 bits per heavy atom. The third kappa shape index (κ3) is 3.02. The first-order valence-electron chi connectivity index (χ1n) is 6.01. The summed E-state index contributed by atoms with van der Waals surface area (Å²) in [7, 11) is 0. The van der Waals surface area contributed by atoms with Gasteiger partial charge in [0.15, 0.2) is 5.78 Å². The Hall–Kier alpha value is -1.10. The van der Waals surface area contributed by atoms with Crippen molar-refractivity contribution in [2.45, 2.75) is 13.0 Å². The van der Waals surface area contributed by atoms with Crippen molar-refractivity contribution in [3.05, 3.63) is 28.8 Å². The molecule has 0 saturated carbocycles. The maximum Gasteiger partial charge on any atom is 0.192 e. The first-order chi connectivity index (χ1) is 8.72. The molecule has 5 heteroatoms. The van der Waals surface area contributed by atoms with Gasteiger partial charge in [0.25, 0.3) is 0 Å². The minimum atomic E-state index is -0.423. The number of rotatable bonds is 4. The molecule has 0 radical (unpaired) electrons. The van der Waals surface area contributed by atoms with Gasteiger partial charge >= 0.3 is 0 Å². The molecule has 2 rings (SSSR count). The van der Waals surface area contributed by atoms with Gasteiger partial charge < -0.3 is 14.8 Å². The summed E-state index contributed by atoms with van der Waals surface area (Å²) in [5.41, 5.74) is 0.553. The van der Waals surface area contributed by atoms with Crippen molar-refractivity contribution in [3.63, 3.8) is 0 Å². The number of morpholine rings is 1. The van der Waals surface area contributed by atoms with Gasteiger partial charge in [-0.2, -0.15) is 0 Å². The summed E-state index contributed by atoms with van der Waals surface area (Å²) in [4.78, 5) is 12.2. The summed E-state index contributed by atoms with van der Waals surface area (Å²) >= 11 is 6.06. The number of benzene rings is 1. The van der Waals surface area contributed by atoms with Crippen molar-refractivity contribution in [2.24, 2.45) is 0 Å². The molecule has 1 aliphatic heterocycles. The van der Waals surface area contributed by atoms with Gasteiger partial charge in [-0.1, -0.05) is 11.6 Å². The summed E-state index contributed by atoms with van der Waals surface area (Å²) < 4.78 is 10.8. The smallest absolute Gasteiger partial charge is 0.192 e. The monoisotopic (exact) mass is 269 g/mol. The quantitative estimate of drug-likeness (QED) is 0.849. The van der Waals surface area contributed by atoms with E-state index in [2.05, 4.69) is 5.32 Å². The normalized spacial score (nSPS) is 19.6. The van der Waals surface area contributed by atoms with Crippen LogP contribution in [0.5, 0.6) is 5.75 Å². The van der Waals surface area contributed by atoms with E-state index in [0.29, 0.717) is 36.1 Å². The van der Waals surface area contributed by atoms with E-state index < -0.39 is 6.10 Å². The van der Waals surface area contributed by atoms with Crippen LogP contribution in [-0.4, -0.2) is 38.2 Å². The number of Topliss-reactive ketones (excluding diaryl/α,β-unsaturated/α-hetero) is 1. The van der Waals surface area contributed by atoms with Gasteiger partial charge in [0.05, 0.1) is 18.2 Å². The van der Waals surface area contributed by atoms with E-state index >= 15 is 0 Å². The summed E-state index contributed by atoms with van der Waals surface area (Å²) in [6.45, 7) is 4.32. The molecule has 98 valence electrons. The summed E-state index contributed by atoms with van der Waals surface area (Å²) in [5, 5.41) is 3.58. The highest BCUT2D eigenvalue weighted by Crippen LogP contribution is 2.26. The number of nitrogens with one attached hydrogen (secondary N) is 1. The third-order valence-corrected chi connectivity index (χ3v) is 3.03. The lowest BCUT2D eigenvalue weighted by Gasteiger charge is -2.22.